The Morgan fingerprint density at radius 1 is 1.26 bits per heavy atom. The molecule has 0 unspecified atom stereocenters. The Bertz CT molecular complexity index is 446. The van der Waals surface area contributed by atoms with Crippen LogP contribution in [0.5, 0.6) is 0 Å². The van der Waals surface area contributed by atoms with Gasteiger partial charge in [0.1, 0.15) is 0 Å². The normalized spacial score (nSPS) is 10.9. The van der Waals surface area contributed by atoms with Gasteiger partial charge in [-0.15, -0.1) is 0 Å². The van der Waals surface area contributed by atoms with Gasteiger partial charge < -0.3 is 10.0 Å². The van der Waals surface area contributed by atoms with Crippen molar-refractivity contribution in [3.8, 4) is 0 Å². The summed E-state index contributed by atoms with van der Waals surface area (Å²) in [7, 11) is 0. The standard InChI is InChI=1S/C16H23NO2/c1-4-10-17(11-5-2)15-8-6-13(3)12-14(15)7-9-16(18)19/h6-9,12H,4-5,10-11H2,1-3H3,(H,18,19)/b9-7+. The lowest BCUT2D eigenvalue weighted by Gasteiger charge is -2.26. The number of carboxylic acid groups (broad SMARTS) is 1. The summed E-state index contributed by atoms with van der Waals surface area (Å²) in [5.41, 5.74) is 3.23. The minimum Gasteiger partial charge on any atom is -0.478 e. The van der Waals surface area contributed by atoms with E-state index in [-0.39, 0.29) is 0 Å². The van der Waals surface area contributed by atoms with E-state index >= 15 is 0 Å². The molecule has 1 aromatic rings. The summed E-state index contributed by atoms with van der Waals surface area (Å²) in [4.78, 5) is 13.0. The maximum absolute atomic E-state index is 10.7. The van der Waals surface area contributed by atoms with Crippen molar-refractivity contribution < 1.29 is 9.90 Å². The van der Waals surface area contributed by atoms with Crippen LogP contribution in [0, 0.1) is 6.92 Å². The number of hydrogen-bond donors (Lipinski definition) is 1. The van der Waals surface area contributed by atoms with E-state index in [9.17, 15) is 4.79 Å². The van der Waals surface area contributed by atoms with Gasteiger partial charge in [-0.1, -0.05) is 25.5 Å². The van der Waals surface area contributed by atoms with Gasteiger partial charge >= 0.3 is 5.97 Å². The fourth-order valence-corrected chi connectivity index (χ4v) is 2.15. The van der Waals surface area contributed by atoms with Crippen LogP contribution in [0.1, 0.15) is 37.8 Å². The molecule has 0 spiro atoms. The molecule has 3 heteroatoms. The summed E-state index contributed by atoms with van der Waals surface area (Å²) in [6, 6.07) is 6.20. The van der Waals surface area contributed by atoms with Crippen LogP contribution in [0.3, 0.4) is 0 Å². The van der Waals surface area contributed by atoms with Crippen LogP contribution in [-0.2, 0) is 4.79 Å². The van der Waals surface area contributed by atoms with Crippen LogP contribution in [-0.4, -0.2) is 24.2 Å². The predicted molar refractivity (Wildman–Crippen MR) is 80.6 cm³/mol. The number of rotatable bonds is 7. The first-order valence-corrected chi connectivity index (χ1v) is 6.85. The number of nitrogens with zero attached hydrogens (tertiary/aromatic N) is 1. The molecule has 1 rings (SSSR count). The first kappa shape index (κ1) is 15.3. The Labute approximate surface area is 115 Å². The molecule has 0 aromatic heterocycles. The molecule has 104 valence electrons. The van der Waals surface area contributed by atoms with E-state index < -0.39 is 5.97 Å². The minimum atomic E-state index is -0.912. The third-order valence-electron chi connectivity index (χ3n) is 2.92. The molecule has 0 aliphatic rings. The maximum atomic E-state index is 10.7. The van der Waals surface area contributed by atoms with Crippen LogP contribution in [0.15, 0.2) is 24.3 Å². The van der Waals surface area contributed by atoms with Gasteiger partial charge in [0.05, 0.1) is 0 Å². The maximum Gasteiger partial charge on any atom is 0.328 e. The molecule has 0 fully saturated rings. The van der Waals surface area contributed by atoms with Crippen molar-refractivity contribution >= 4 is 17.7 Å². The fraction of sp³-hybridized carbons (Fsp3) is 0.438. The zero-order valence-electron chi connectivity index (χ0n) is 12.0. The topological polar surface area (TPSA) is 40.5 Å². The molecule has 0 saturated carbocycles. The monoisotopic (exact) mass is 261 g/mol. The molecule has 0 bridgehead atoms. The van der Waals surface area contributed by atoms with Crippen LogP contribution >= 0.6 is 0 Å². The number of benzene rings is 1. The molecule has 3 nitrogen and oxygen atoms in total. The third kappa shape index (κ3) is 4.78. The molecular formula is C16H23NO2. The van der Waals surface area contributed by atoms with Gasteiger partial charge in [0.2, 0.25) is 0 Å². The second-order valence-corrected chi connectivity index (χ2v) is 4.72. The fourth-order valence-electron chi connectivity index (χ4n) is 2.15. The molecule has 0 radical (unpaired) electrons. The van der Waals surface area contributed by atoms with E-state index in [4.69, 9.17) is 5.11 Å². The summed E-state index contributed by atoms with van der Waals surface area (Å²) < 4.78 is 0. The Balaban J connectivity index is 3.12. The van der Waals surface area contributed by atoms with E-state index in [1.807, 2.05) is 13.0 Å². The van der Waals surface area contributed by atoms with Crippen LogP contribution in [0.4, 0.5) is 5.69 Å². The van der Waals surface area contributed by atoms with E-state index in [1.165, 1.54) is 6.08 Å². The second kappa shape index (κ2) is 7.62. The second-order valence-electron chi connectivity index (χ2n) is 4.72. The molecule has 19 heavy (non-hydrogen) atoms. The Hall–Kier alpha value is -1.77. The molecule has 0 aliphatic carbocycles. The summed E-state index contributed by atoms with van der Waals surface area (Å²) in [5.74, 6) is -0.912. The summed E-state index contributed by atoms with van der Waals surface area (Å²) in [6.07, 6.45) is 5.04. The van der Waals surface area contributed by atoms with Gasteiger partial charge in [-0.25, -0.2) is 4.79 Å². The van der Waals surface area contributed by atoms with Crippen molar-refractivity contribution in [2.24, 2.45) is 0 Å². The average molecular weight is 261 g/mol. The predicted octanol–water partition coefficient (Wildman–Crippen LogP) is 3.72. The number of hydrogen-bond acceptors (Lipinski definition) is 2. The van der Waals surface area contributed by atoms with Crippen LogP contribution in [0.25, 0.3) is 6.08 Å². The molecule has 1 N–H and O–H groups in total. The van der Waals surface area contributed by atoms with Gasteiger partial charge in [-0.05, 0) is 43.5 Å². The largest absolute Gasteiger partial charge is 0.478 e. The summed E-state index contributed by atoms with van der Waals surface area (Å²) in [6.45, 7) is 8.31. The summed E-state index contributed by atoms with van der Waals surface area (Å²) in [5, 5.41) is 8.78. The van der Waals surface area contributed by atoms with Crippen molar-refractivity contribution in [1.82, 2.24) is 0 Å². The van der Waals surface area contributed by atoms with Crippen molar-refractivity contribution in [3.05, 3.63) is 35.4 Å². The van der Waals surface area contributed by atoms with Crippen molar-refractivity contribution in [3.63, 3.8) is 0 Å². The molecule has 1 aromatic carbocycles. The van der Waals surface area contributed by atoms with Gasteiger partial charge in [0, 0.05) is 24.9 Å². The Kier molecular flexibility index (Phi) is 6.13. The van der Waals surface area contributed by atoms with Crippen molar-refractivity contribution in [1.29, 1.82) is 0 Å². The number of carbonyl (C=O) groups is 1. The quantitative estimate of drug-likeness (QED) is 0.760. The third-order valence-corrected chi connectivity index (χ3v) is 2.92. The van der Waals surface area contributed by atoms with Gasteiger partial charge in [0.25, 0.3) is 0 Å². The smallest absolute Gasteiger partial charge is 0.328 e. The van der Waals surface area contributed by atoms with Crippen molar-refractivity contribution in [2.45, 2.75) is 33.6 Å². The Morgan fingerprint density at radius 2 is 1.89 bits per heavy atom. The number of carboxylic acids is 1. The highest BCUT2D eigenvalue weighted by Gasteiger charge is 2.08. The lowest BCUT2D eigenvalue weighted by atomic mass is 10.1. The van der Waals surface area contributed by atoms with E-state index in [0.717, 1.165) is 42.7 Å². The highest BCUT2D eigenvalue weighted by molar-refractivity contribution is 5.87. The van der Waals surface area contributed by atoms with Gasteiger partial charge in [0.15, 0.2) is 0 Å². The zero-order valence-corrected chi connectivity index (χ0v) is 12.0. The van der Waals surface area contributed by atoms with Crippen molar-refractivity contribution in [2.75, 3.05) is 18.0 Å². The lowest BCUT2D eigenvalue weighted by molar-refractivity contribution is -0.131. The first-order valence-electron chi connectivity index (χ1n) is 6.85. The highest BCUT2D eigenvalue weighted by Crippen LogP contribution is 2.24. The molecule has 0 aliphatic heterocycles. The van der Waals surface area contributed by atoms with Crippen LogP contribution < -0.4 is 4.90 Å². The zero-order chi connectivity index (χ0) is 14.3. The number of aryl methyl sites for hydroxylation is 1. The van der Waals surface area contributed by atoms with E-state index in [2.05, 4.69) is 30.9 Å². The molecule has 0 heterocycles. The average Bonchev–Trinajstić information content (AvgIpc) is 2.36. The lowest BCUT2D eigenvalue weighted by Crippen LogP contribution is -2.25. The number of anilines is 1. The minimum absolute atomic E-state index is 0.912. The summed E-state index contributed by atoms with van der Waals surface area (Å²) >= 11 is 0. The van der Waals surface area contributed by atoms with Gasteiger partial charge in [-0.3, -0.25) is 0 Å². The molecule has 0 atom stereocenters. The Morgan fingerprint density at radius 3 is 2.42 bits per heavy atom. The van der Waals surface area contributed by atoms with E-state index in [0.29, 0.717) is 0 Å². The molecular weight excluding hydrogens is 238 g/mol. The van der Waals surface area contributed by atoms with Crippen LogP contribution in [0.2, 0.25) is 0 Å². The first-order chi connectivity index (χ1) is 9.08. The number of aliphatic carboxylic acids is 1. The van der Waals surface area contributed by atoms with E-state index in [1.54, 1.807) is 6.08 Å². The highest BCUT2D eigenvalue weighted by atomic mass is 16.4. The van der Waals surface area contributed by atoms with Gasteiger partial charge in [-0.2, -0.15) is 0 Å². The molecule has 0 saturated heterocycles. The molecule has 0 amide bonds. The SMILES string of the molecule is CCCN(CCC)c1ccc(C)cc1/C=C/C(=O)O.